The summed E-state index contributed by atoms with van der Waals surface area (Å²) in [5.74, 6) is 1.15. The van der Waals surface area contributed by atoms with Crippen LogP contribution >= 0.6 is 50.1 Å². The fourth-order valence-corrected chi connectivity index (χ4v) is 5.13. The molecule has 174 valence electrons. The number of hydrogen-bond donors (Lipinski definition) is 1. The summed E-state index contributed by atoms with van der Waals surface area (Å²) >= 11 is 11.9. The Kier molecular flexibility index (Phi) is 8.12. The molecule has 1 amide bonds. The summed E-state index contributed by atoms with van der Waals surface area (Å²) in [5.41, 5.74) is 4.78. The van der Waals surface area contributed by atoms with Crippen LogP contribution in [0.15, 0.2) is 74.7 Å². The molecular formula is C25H19BrClIN2O4. The first kappa shape index (κ1) is 24.6. The van der Waals surface area contributed by atoms with Gasteiger partial charge in [-0.15, -0.1) is 0 Å². The van der Waals surface area contributed by atoms with Crippen LogP contribution in [0.3, 0.4) is 0 Å². The Morgan fingerprint density at radius 3 is 2.76 bits per heavy atom. The number of nitrogens with zero attached hydrogens (tertiary/aromatic N) is 1. The van der Waals surface area contributed by atoms with E-state index in [0.717, 1.165) is 30.3 Å². The van der Waals surface area contributed by atoms with Gasteiger partial charge in [0.15, 0.2) is 5.76 Å². The molecule has 6 nitrogen and oxygen atoms in total. The Balaban J connectivity index is 1.41. The summed E-state index contributed by atoms with van der Waals surface area (Å²) in [5, 5.41) is 5.50. The lowest BCUT2D eigenvalue weighted by molar-refractivity contribution is 0.0929. The Hall–Kier alpha value is -2.56. The molecule has 0 unspecified atom stereocenters. The van der Waals surface area contributed by atoms with Crippen molar-refractivity contribution < 1.29 is 18.7 Å². The van der Waals surface area contributed by atoms with E-state index in [1.54, 1.807) is 24.4 Å². The minimum absolute atomic E-state index is 0.167. The first-order valence-electron chi connectivity index (χ1n) is 10.3. The van der Waals surface area contributed by atoms with Gasteiger partial charge in [0.1, 0.15) is 23.7 Å². The molecule has 0 saturated heterocycles. The number of halogens is 3. The van der Waals surface area contributed by atoms with Gasteiger partial charge in [-0.3, -0.25) is 4.79 Å². The van der Waals surface area contributed by atoms with Crippen molar-refractivity contribution >= 4 is 73.2 Å². The summed E-state index contributed by atoms with van der Waals surface area (Å²) in [6.45, 7) is 2.83. The summed E-state index contributed by atoms with van der Waals surface area (Å²) < 4.78 is 18.7. The van der Waals surface area contributed by atoms with Gasteiger partial charge >= 0.3 is 5.91 Å². The topological polar surface area (TPSA) is 73.1 Å². The van der Waals surface area contributed by atoms with Gasteiger partial charge in [-0.2, -0.15) is 5.10 Å². The second-order valence-corrected chi connectivity index (χ2v) is 9.56. The summed E-state index contributed by atoms with van der Waals surface area (Å²) in [7, 11) is 0. The third kappa shape index (κ3) is 5.92. The van der Waals surface area contributed by atoms with E-state index >= 15 is 0 Å². The second kappa shape index (κ2) is 11.2. The van der Waals surface area contributed by atoms with Crippen molar-refractivity contribution in [2.45, 2.75) is 13.5 Å². The number of amides is 1. The molecule has 4 rings (SSSR count). The van der Waals surface area contributed by atoms with Crippen molar-refractivity contribution in [1.29, 1.82) is 0 Å². The minimum atomic E-state index is -0.445. The van der Waals surface area contributed by atoms with Crippen molar-refractivity contribution in [3.63, 3.8) is 0 Å². The standard InChI is InChI=1S/C25H19BrClIN2O4/c1-2-32-18-7-8-22-17(11-18)12-23(34-22)25(31)30-29-13-15-9-19(26)24(21(28)10-15)33-14-16-5-3-4-6-20(16)27/h3-13H,2,14H2,1H3,(H,30,31)/b29-13+. The largest absolute Gasteiger partial charge is 0.494 e. The Bertz CT molecular complexity index is 1350. The minimum Gasteiger partial charge on any atom is -0.494 e. The first-order chi connectivity index (χ1) is 16.4. The van der Waals surface area contributed by atoms with Crippen LogP contribution in [0.25, 0.3) is 11.0 Å². The number of hydrogen-bond acceptors (Lipinski definition) is 5. The molecule has 0 saturated carbocycles. The van der Waals surface area contributed by atoms with E-state index in [1.165, 1.54) is 0 Å². The van der Waals surface area contributed by atoms with Gasteiger partial charge in [-0.25, -0.2) is 5.43 Å². The number of benzene rings is 3. The van der Waals surface area contributed by atoms with Gasteiger partial charge < -0.3 is 13.9 Å². The molecule has 0 spiro atoms. The number of carbonyl (C=O) groups is 1. The van der Waals surface area contributed by atoms with Crippen molar-refractivity contribution in [3.05, 3.63) is 90.6 Å². The average Bonchev–Trinajstić information content (AvgIpc) is 3.23. The fraction of sp³-hybridized carbons (Fsp3) is 0.120. The first-order valence-corrected chi connectivity index (χ1v) is 12.5. The van der Waals surface area contributed by atoms with Gasteiger partial charge in [0.2, 0.25) is 0 Å². The maximum atomic E-state index is 12.5. The van der Waals surface area contributed by atoms with E-state index in [-0.39, 0.29) is 5.76 Å². The number of furan rings is 1. The molecule has 0 radical (unpaired) electrons. The van der Waals surface area contributed by atoms with Crippen molar-refractivity contribution in [2.75, 3.05) is 6.61 Å². The van der Waals surface area contributed by atoms with E-state index < -0.39 is 5.91 Å². The monoisotopic (exact) mass is 652 g/mol. The maximum Gasteiger partial charge on any atom is 0.307 e. The lowest BCUT2D eigenvalue weighted by Gasteiger charge is -2.12. The van der Waals surface area contributed by atoms with E-state index in [0.29, 0.717) is 29.6 Å². The van der Waals surface area contributed by atoms with Crippen LogP contribution in [0.4, 0.5) is 0 Å². The van der Waals surface area contributed by atoms with Crippen molar-refractivity contribution in [2.24, 2.45) is 5.10 Å². The Morgan fingerprint density at radius 1 is 1.18 bits per heavy atom. The van der Waals surface area contributed by atoms with Crippen molar-refractivity contribution in [1.82, 2.24) is 5.43 Å². The van der Waals surface area contributed by atoms with Crippen LogP contribution in [0.2, 0.25) is 5.02 Å². The molecule has 0 atom stereocenters. The Labute approximate surface area is 223 Å². The van der Waals surface area contributed by atoms with Crippen LogP contribution < -0.4 is 14.9 Å². The van der Waals surface area contributed by atoms with Crippen LogP contribution in [0.1, 0.15) is 28.6 Å². The second-order valence-electron chi connectivity index (χ2n) is 7.14. The van der Waals surface area contributed by atoms with Crippen molar-refractivity contribution in [3.8, 4) is 11.5 Å². The summed E-state index contributed by atoms with van der Waals surface area (Å²) in [4.78, 5) is 12.5. The zero-order valence-electron chi connectivity index (χ0n) is 18.0. The lowest BCUT2D eigenvalue weighted by atomic mass is 10.2. The molecule has 0 bridgehead atoms. The predicted molar refractivity (Wildman–Crippen MR) is 145 cm³/mol. The quantitative estimate of drug-likeness (QED) is 0.124. The normalized spacial score (nSPS) is 11.2. The van der Waals surface area contributed by atoms with Gasteiger partial charge in [0.25, 0.3) is 0 Å². The van der Waals surface area contributed by atoms with Crippen LogP contribution in [-0.4, -0.2) is 18.7 Å². The van der Waals surface area contributed by atoms with E-state index in [2.05, 4.69) is 49.0 Å². The molecule has 1 heterocycles. The molecule has 9 heteroatoms. The van der Waals surface area contributed by atoms with E-state index in [4.69, 9.17) is 25.5 Å². The maximum absolute atomic E-state index is 12.5. The molecule has 0 aliphatic rings. The number of hydrazone groups is 1. The number of fused-ring (bicyclic) bond motifs is 1. The molecule has 34 heavy (non-hydrogen) atoms. The Morgan fingerprint density at radius 2 is 2.00 bits per heavy atom. The fourth-order valence-electron chi connectivity index (χ4n) is 3.17. The van der Waals surface area contributed by atoms with E-state index in [9.17, 15) is 4.79 Å². The SMILES string of the molecule is CCOc1ccc2oc(C(=O)N/N=C/c3cc(Br)c(OCc4ccccc4Cl)c(I)c3)cc2c1. The number of rotatable bonds is 8. The molecule has 1 aromatic heterocycles. The molecule has 0 fully saturated rings. The highest BCUT2D eigenvalue weighted by Gasteiger charge is 2.13. The van der Waals surface area contributed by atoms with Crippen LogP contribution in [0.5, 0.6) is 11.5 Å². The van der Waals surface area contributed by atoms with Crippen LogP contribution in [-0.2, 0) is 6.61 Å². The van der Waals surface area contributed by atoms with E-state index in [1.807, 2.05) is 49.4 Å². The number of carbonyl (C=O) groups excluding carboxylic acids is 1. The van der Waals surface area contributed by atoms with Gasteiger partial charge in [-0.05, 0) is 93.5 Å². The number of ether oxygens (including phenoxy) is 2. The highest BCUT2D eigenvalue weighted by atomic mass is 127. The zero-order valence-corrected chi connectivity index (χ0v) is 22.5. The summed E-state index contributed by atoms with van der Waals surface area (Å²) in [6, 6.07) is 18.4. The van der Waals surface area contributed by atoms with Gasteiger partial charge in [0, 0.05) is 16.0 Å². The molecule has 3 aromatic carbocycles. The van der Waals surface area contributed by atoms with Gasteiger partial charge in [0.05, 0.1) is 20.9 Å². The number of nitrogens with one attached hydrogen (secondary N) is 1. The zero-order chi connectivity index (χ0) is 24.1. The average molecular weight is 654 g/mol. The van der Waals surface area contributed by atoms with Crippen LogP contribution in [0, 0.1) is 3.57 Å². The van der Waals surface area contributed by atoms with Gasteiger partial charge in [-0.1, -0.05) is 29.8 Å². The highest BCUT2D eigenvalue weighted by Crippen LogP contribution is 2.33. The highest BCUT2D eigenvalue weighted by molar-refractivity contribution is 14.1. The smallest absolute Gasteiger partial charge is 0.307 e. The molecule has 0 aliphatic carbocycles. The third-order valence-corrected chi connectivity index (χ3v) is 6.51. The summed E-state index contributed by atoms with van der Waals surface area (Å²) in [6.07, 6.45) is 1.55. The lowest BCUT2D eigenvalue weighted by Crippen LogP contribution is -2.16. The molecule has 0 aliphatic heterocycles. The molecule has 4 aromatic rings. The third-order valence-electron chi connectivity index (χ3n) is 4.75. The predicted octanol–water partition coefficient (Wildman–Crippen LogP) is 7.19. The molecular weight excluding hydrogens is 635 g/mol. The molecule has 1 N–H and O–H groups in total.